The van der Waals surface area contributed by atoms with Crippen molar-refractivity contribution in [2.45, 2.75) is 64.6 Å². The molecule has 0 aliphatic carbocycles. The van der Waals surface area contributed by atoms with Crippen LogP contribution in [0.25, 0.3) is 11.0 Å². The Morgan fingerprint density at radius 2 is 1.76 bits per heavy atom. The van der Waals surface area contributed by atoms with Crippen LogP contribution < -0.4 is 0 Å². The van der Waals surface area contributed by atoms with Gasteiger partial charge in [0.1, 0.15) is 5.65 Å². The van der Waals surface area contributed by atoms with Gasteiger partial charge in [0.05, 0.1) is 0 Å². The minimum atomic E-state index is -1.85. The van der Waals surface area contributed by atoms with E-state index in [4.69, 9.17) is 10.1 Å². The van der Waals surface area contributed by atoms with E-state index in [1.807, 2.05) is 12.3 Å². The maximum absolute atomic E-state index is 10.7. The second-order valence-electron chi connectivity index (χ2n) is 7.69. The summed E-state index contributed by atoms with van der Waals surface area (Å²) in [4.78, 5) is 15.4. The van der Waals surface area contributed by atoms with Gasteiger partial charge in [0.2, 0.25) is 0 Å². The highest BCUT2D eigenvalue weighted by Crippen LogP contribution is 2.44. The third-order valence-electron chi connectivity index (χ3n) is 5.47. The third-order valence-corrected chi connectivity index (χ3v) is 12.2. The molecule has 0 saturated carbocycles. The molecule has 136 valence electrons. The Balaban J connectivity index is 2.62. The largest absolute Gasteiger partial charge is 0.478 e. The molecule has 0 aliphatic heterocycles. The number of nitrogens with zero attached hydrogens (tertiary/aromatic N) is 2. The maximum atomic E-state index is 10.7. The van der Waals surface area contributed by atoms with E-state index in [1.54, 1.807) is 6.08 Å². The van der Waals surface area contributed by atoms with E-state index in [9.17, 15) is 4.79 Å². The first-order valence-electron chi connectivity index (χ1n) is 9.07. The second kappa shape index (κ2) is 7.56. The third kappa shape index (κ3) is 3.43. The van der Waals surface area contributed by atoms with Crippen molar-refractivity contribution in [3.8, 4) is 0 Å². The van der Waals surface area contributed by atoms with Crippen LogP contribution in [0.2, 0.25) is 16.6 Å². The predicted octanol–water partition coefficient (Wildman–Crippen LogP) is 5.24. The highest BCUT2D eigenvalue weighted by molar-refractivity contribution is 6.82. The number of fused-ring (bicyclic) bond motifs is 1. The number of hydrogen-bond donors (Lipinski definition) is 1. The summed E-state index contributed by atoms with van der Waals surface area (Å²) in [5, 5.41) is 9.94. The standard InChI is InChI=1S/C20H30N2O2Si/c1-14(2)25(15(3)4,16(5)6)22-13-11-18-17(8-7-9-19(23)24)10-12-21-20(18)22/h7,9-16H,8H2,1-6H3,(H,23,24). The molecule has 25 heavy (non-hydrogen) atoms. The van der Waals surface area contributed by atoms with Gasteiger partial charge in [-0.15, -0.1) is 0 Å². The second-order valence-corrected chi connectivity index (χ2v) is 13.4. The summed E-state index contributed by atoms with van der Waals surface area (Å²) in [6, 6.07) is 4.14. The van der Waals surface area contributed by atoms with Crippen molar-refractivity contribution in [3.63, 3.8) is 0 Å². The highest BCUT2D eigenvalue weighted by atomic mass is 28.3. The van der Waals surface area contributed by atoms with E-state index in [1.165, 1.54) is 6.08 Å². The van der Waals surface area contributed by atoms with Crippen LogP contribution in [0.1, 0.15) is 47.1 Å². The first-order chi connectivity index (χ1) is 11.7. The van der Waals surface area contributed by atoms with Crippen molar-refractivity contribution < 1.29 is 9.90 Å². The number of rotatable bonds is 7. The molecule has 2 aromatic rings. The van der Waals surface area contributed by atoms with E-state index >= 15 is 0 Å². The maximum Gasteiger partial charge on any atom is 0.327 e. The molecule has 2 aromatic heterocycles. The molecule has 0 fully saturated rings. The molecule has 0 radical (unpaired) electrons. The summed E-state index contributed by atoms with van der Waals surface area (Å²) < 4.78 is 2.49. The number of carbonyl (C=O) groups is 1. The van der Waals surface area contributed by atoms with Gasteiger partial charge in [0.15, 0.2) is 8.24 Å². The van der Waals surface area contributed by atoms with E-state index in [0.29, 0.717) is 23.0 Å². The van der Waals surface area contributed by atoms with Gasteiger partial charge in [-0.1, -0.05) is 47.6 Å². The molecule has 0 spiro atoms. The van der Waals surface area contributed by atoms with E-state index in [-0.39, 0.29) is 0 Å². The first kappa shape index (κ1) is 19.4. The fourth-order valence-electron chi connectivity index (χ4n) is 4.71. The van der Waals surface area contributed by atoms with Gasteiger partial charge in [0.25, 0.3) is 0 Å². The van der Waals surface area contributed by atoms with Gasteiger partial charge >= 0.3 is 5.97 Å². The zero-order valence-corrected chi connectivity index (χ0v) is 17.2. The summed E-state index contributed by atoms with van der Waals surface area (Å²) in [6.07, 6.45) is 7.58. The average Bonchev–Trinajstić information content (AvgIpc) is 2.92. The Bertz CT molecular complexity index is 753. The average molecular weight is 359 g/mol. The lowest BCUT2D eigenvalue weighted by Crippen LogP contribution is -2.51. The number of hydrogen-bond acceptors (Lipinski definition) is 2. The minimum Gasteiger partial charge on any atom is -0.478 e. The van der Waals surface area contributed by atoms with Gasteiger partial charge < -0.3 is 9.34 Å². The quantitative estimate of drug-likeness (QED) is 0.544. The van der Waals surface area contributed by atoms with Gasteiger partial charge in [-0.3, -0.25) is 0 Å². The zero-order chi connectivity index (χ0) is 18.8. The van der Waals surface area contributed by atoms with Crippen LogP contribution in [0.4, 0.5) is 0 Å². The molecule has 4 nitrogen and oxygen atoms in total. The number of pyridine rings is 1. The Kier molecular flexibility index (Phi) is 5.88. The Morgan fingerprint density at radius 3 is 2.28 bits per heavy atom. The molecule has 0 bridgehead atoms. The van der Waals surface area contributed by atoms with Gasteiger partial charge in [-0.05, 0) is 46.9 Å². The molecule has 5 heteroatoms. The Hall–Kier alpha value is -1.88. The molecular formula is C20H30N2O2Si. The molecule has 0 saturated heterocycles. The van der Waals surface area contributed by atoms with Crippen molar-refractivity contribution in [1.82, 2.24) is 9.22 Å². The molecule has 0 amide bonds. The Labute approximate surface area is 151 Å². The molecule has 0 aromatic carbocycles. The summed E-state index contributed by atoms with van der Waals surface area (Å²) in [5.74, 6) is -0.909. The monoisotopic (exact) mass is 358 g/mol. The molecule has 0 unspecified atom stereocenters. The fraction of sp³-hybridized carbons (Fsp3) is 0.500. The highest BCUT2D eigenvalue weighted by Gasteiger charge is 2.45. The number of aromatic nitrogens is 2. The SMILES string of the molecule is CC(C)[Si](C(C)C)(C(C)C)n1ccc2c(CC=CC(=O)O)ccnc21. The topological polar surface area (TPSA) is 55.1 Å². The molecule has 0 atom stereocenters. The molecular weight excluding hydrogens is 328 g/mol. The van der Waals surface area contributed by atoms with Crippen molar-refractivity contribution in [1.29, 1.82) is 0 Å². The summed E-state index contributed by atoms with van der Waals surface area (Å²) in [7, 11) is -1.85. The predicted molar refractivity (Wildman–Crippen MR) is 107 cm³/mol. The van der Waals surface area contributed by atoms with Crippen LogP contribution in [-0.2, 0) is 11.2 Å². The molecule has 2 rings (SSSR count). The first-order valence-corrected chi connectivity index (χ1v) is 11.3. The normalized spacial score (nSPS) is 13.0. The van der Waals surface area contributed by atoms with E-state index in [0.717, 1.165) is 16.6 Å². The number of carboxylic acids is 1. The number of aliphatic carboxylic acids is 1. The van der Waals surface area contributed by atoms with Crippen LogP contribution >= 0.6 is 0 Å². The summed E-state index contributed by atoms with van der Waals surface area (Å²) in [5.41, 5.74) is 3.96. The minimum absolute atomic E-state index is 0.598. The lowest BCUT2D eigenvalue weighted by molar-refractivity contribution is -0.131. The van der Waals surface area contributed by atoms with Crippen molar-refractivity contribution in [3.05, 3.63) is 42.2 Å². The van der Waals surface area contributed by atoms with Gasteiger partial charge in [-0.2, -0.15) is 0 Å². The lowest BCUT2D eigenvalue weighted by Gasteiger charge is -2.44. The summed E-state index contributed by atoms with van der Waals surface area (Å²) in [6.45, 7) is 14.1. The zero-order valence-electron chi connectivity index (χ0n) is 16.2. The van der Waals surface area contributed by atoms with Gasteiger partial charge in [-0.25, -0.2) is 9.78 Å². The lowest BCUT2D eigenvalue weighted by atomic mass is 10.1. The molecule has 2 heterocycles. The smallest absolute Gasteiger partial charge is 0.327 e. The van der Waals surface area contributed by atoms with Crippen LogP contribution in [0.3, 0.4) is 0 Å². The number of allylic oxidation sites excluding steroid dienone is 1. The van der Waals surface area contributed by atoms with Crippen LogP contribution in [-0.4, -0.2) is 28.5 Å². The van der Waals surface area contributed by atoms with Crippen LogP contribution in [0.5, 0.6) is 0 Å². The van der Waals surface area contributed by atoms with E-state index in [2.05, 4.69) is 58.0 Å². The van der Waals surface area contributed by atoms with E-state index < -0.39 is 14.2 Å². The summed E-state index contributed by atoms with van der Waals surface area (Å²) >= 11 is 0. The fourth-order valence-corrected chi connectivity index (χ4v) is 11.3. The van der Waals surface area contributed by atoms with Gasteiger partial charge in [0, 0.05) is 17.7 Å². The molecule has 0 aliphatic rings. The van der Waals surface area contributed by atoms with Crippen molar-refractivity contribution >= 4 is 25.2 Å². The van der Waals surface area contributed by atoms with Crippen molar-refractivity contribution in [2.75, 3.05) is 0 Å². The van der Waals surface area contributed by atoms with Crippen molar-refractivity contribution in [2.24, 2.45) is 0 Å². The molecule has 1 N–H and O–H groups in total. The van der Waals surface area contributed by atoms with Crippen LogP contribution in [0.15, 0.2) is 36.7 Å². The van der Waals surface area contributed by atoms with Crippen LogP contribution in [0, 0.1) is 0 Å². The number of carboxylic acid groups (broad SMARTS) is 1. The Morgan fingerprint density at radius 1 is 1.16 bits per heavy atom.